The van der Waals surface area contributed by atoms with Gasteiger partial charge in [-0.3, -0.25) is 15.6 Å². The number of halogens is 1. The molecule has 0 bridgehead atoms. The Morgan fingerprint density at radius 3 is 2.24 bits per heavy atom. The molecule has 0 saturated carbocycles. The topological polar surface area (TPSA) is 56.4 Å². The van der Waals surface area contributed by atoms with Gasteiger partial charge in [-0.2, -0.15) is 0 Å². The van der Waals surface area contributed by atoms with Crippen LogP contribution in [-0.4, -0.2) is 24.1 Å². The lowest BCUT2D eigenvalue weighted by Gasteiger charge is -2.22. The van der Waals surface area contributed by atoms with Crippen LogP contribution in [0.15, 0.2) is 54.6 Å². The summed E-state index contributed by atoms with van der Waals surface area (Å²) in [6, 6.07) is 14.0. The average Bonchev–Trinajstić information content (AvgIpc) is 3.02. The molecule has 1 saturated heterocycles. The van der Waals surface area contributed by atoms with Gasteiger partial charge in [-0.1, -0.05) is 25.0 Å². The molecule has 0 radical (unpaired) electrons. The van der Waals surface area contributed by atoms with Crippen molar-refractivity contribution in [2.24, 2.45) is 0 Å². The SMILES string of the molecule is O=C(/C=C/c1ccc(N2CCCCCC2)cc1)NNC(=S)Nc1ccc(F)cc1. The lowest BCUT2D eigenvalue weighted by molar-refractivity contribution is -0.116. The fourth-order valence-electron chi connectivity index (χ4n) is 3.15. The van der Waals surface area contributed by atoms with Gasteiger partial charge in [-0.25, -0.2) is 4.39 Å². The molecule has 3 rings (SSSR count). The first kappa shape index (κ1) is 20.8. The van der Waals surface area contributed by atoms with Gasteiger partial charge < -0.3 is 10.2 Å². The Kier molecular flexibility index (Phi) is 7.58. The van der Waals surface area contributed by atoms with Crippen molar-refractivity contribution < 1.29 is 9.18 Å². The van der Waals surface area contributed by atoms with E-state index < -0.39 is 0 Å². The highest BCUT2D eigenvalue weighted by molar-refractivity contribution is 7.80. The van der Waals surface area contributed by atoms with E-state index in [9.17, 15) is 9.18 Å². The first-order valence-corrected chi connectivity index (χ1v) is 10.2. The first-order chi connectivity index (χ1) is 14.1. The van der Waals surface area contributed by atoms with Crippen molar-refractivity contribution in [1.82, 2.24) is 10.9 Å². The molecule has 1 aliphatic rings. The van der Waals surface area contributed by atoms with Crippen LogP contribution in [0.1, 0.15) is 31.2 Å². The van der Waals surface area contributed by atoms with E-state index in [1.807, 2.05) is 12.1 Å². The molecule has 2 aromatic rings. The third-order valence-corrected chi connectivity index (χ3v) is 4.90. The molecule has 2 aromatic carbocycles. The summed E-state index contributed by atoms with van der Waals surface area (Å²) in [5.74, 6) is -0.655. The van der Waals surface area contributed by atoms with E-state index >= 15 is 0 Å². The van der Waals surface area contributed by atoms with E-state index in [1.165, 1.54) is 49.6 Å². The highest BCUT2D eigenvalue weighted by atomic mass is 32.1. The van der Waals surface area contributed by atoms with E-state index in [2.05, 4.69) is 33.2 Å². The van der Waals surface area contributed by atoms with Crippen molar-refractivity contribution in [3.8, 4) is 0 Å². The molecule has 152 valence electrons. The molecule has 1 amide bonds. The number of rotatable bonds is 4. The highest BCUT2D eigenvalue weighted by Gasteiger charge is 2.09. The summed E-state index contributed by atoms with van der Waals surface area (Å²) in [7, 11) is 0. The van der Waals surface area contributed by atoms with E-state index in [0.717, 1.165) is 18.7 Å². The third-order valence-electron chi connectivity index (χ3n) is 4.69. The van der Waals surface area contributed by atoms with E-state index in [1.54, 1.807) is 18.2 Å². The molecule has 3 N–H and O–H groups in total. The Morgan fingerprint density at radius 2 is 1.59 bits per heavy atom. The van der Waals surface area contributed by atoms with Crippen LogP contribution in [0.3, 0.4) is 0 Å². The summed E-state index contributed by atoms with van der Waals surface area (Å²) in [4.78, 5) is 14.4. The van der Waals surface area contributed by atoms with Crippen LogP contribution < -0.4 is 21.1 Å². The molecule has 5 nitrogen and oxygen atoms in total. The molecular weight excluding hydrogens is 387 g/mol. The summed E-state index contributed by atoms with van der Waals surface area (Å²) in [5.41, 5.74) is 7.90. The predicted octanol–water partition coefficient (Wildman–Crippen LogP) is 4.24. The molecule has 0 aliphatic carbocycles. The van der Waals surface area contributed by atoms with Gasteiger partial charge in [0.25, 0.3) is 5.91 Å². The quantitative estimate of drug-likeness (QED) is 0.398. The molecule has 1 heterocycles. The summed E-state index contributed by atoms with van der Waals surface area (Å²) in [5, 5.41) is 3.06. The Hall–Kier alpha value is -2.93. The van der Waals surface area contributed by atoms with Crippen molar-refractivity contribution >= 4 is 40.7 Å². The maximum Gasteiger partial charge on any atom is 0.262 e. The molecule has 0 unspecified atom stereocenters. The fraction of sp³-hybridized carbons (Fsp3) is 0.273. The zero-order valence-electron chi connectivity index (χ0n) is 16.2. The van der Waals surface area contributed by atoms with Crippen LogP contribution in [0.4, 0.5) is 15.8 Å². The van der Waals surface area contributed by atoms with Gasteiger partial charge in [-0.15, -0.1) is 0 Å². The van der Waals surface area contributed by atoms with Gasteiger partial charge >= 0.3 is 0 Å². The van der Waals surface area contributed by atoms with Gasteiger partial charge in [0.2, 0.25) is 0 Å². The Morgan fingerprint density at radius 1 is 0.931 bits per heavy atom. The molecule has 29 heavy (non-hydrogen) atoms. The van der Waals surface area contributed by atoms with Gasteiger partial charge in [0.05, 0.1) is 0 Å². The average molecular weight is 413 g/mol. The van der Waals surface area contributed by atoms with Crippen LogP contribution in [0, 0.1) is 5.82 Å². The summed E-state index contributed by atoms with van der Waals surface area (Å²) < 4.78 is 12.9. The summed E-state index contributed by atoms with van der Waals surface area (Å²) >= 11 is 5.09. The van der Waals surface area contributed by atoms with Crippen molar-refractivity contribution in [1.29, 1.82) is 0 Å². The van der Waals surface area contributed by atoms with Crippen LogP contribution in [-0.2, 0) is 4.79 Å². The number of thiocarbonyl (C=S) groups is 1. The van der Waals surface area contributed by atoms with Gasteiger partial charge in [0.1, 0.15) is 5.82 Å². The fourth-order valence-corrected chi connectivity index (χ4v) is 3.32. The normalized spacial score (nSPS) is 14.3. The van der Waals surface area contributed by atoms with Crippen LogP contribution in [0.5, 0.6) is 0 Å². The van der Waals surface area contributed by atoms with E-state index in [0.29, 0.717) is 5.69 Å². The largest absolute Gasteiger partial charge is 0.372 e. The number of hydrogen-bond acceptors (Lipinski definition) is 3. The number of carbonyl (C=O) groups excluding carboxylic acids is 1. The summed E-state index contributed by atoms with van der Waals surface area (Å²) in [6.07, 6.45) is 8.29. The standard InChI is InChI=1S/C22H25FN4OS/c23-18-8-10-19(11-9-18)24-22(29)26-25-21(28)14-7-17-5-12-20(13-6-17)27-15-3-1-2-4-16-27/h5-14H,1-4,15-16H2,(H,25,28)(H2,24,26,29)/b14-7+. The monoisotopic (exact) mass is 412 g/mol. The van der Waals surface area contributed by atoms with E-state index in [-0.39, 0.29) is 16.8 Å². The highest BCUT2D eigenvalue weighted by Crippen LogP contribution is 2.20. The minimum absolute atomic E-state index is 0.208. The smallest absolute Gasteiger partial charge is 0.262 e. The second-order valence-electron chi connectivity index (χ2n) is 6.90. The minimum atomic E-state index is -0.329. The number of anilines is 2. The van der Waals surface area contributed by atoms with Gasteiger partial charge in [0.15, 0.2) is 5.11 Å². The zero-order chi connectivity index (χ0) is 20.5. The Bertz CT molecular complexity index is 844. The van der Waals surface area contributed by atoms with E-state index in [4.69, 9.17) is 12.2 Å². The molecular formula is C22H25FN4OS. The lowest BCUT2D eigenvalue weighted by atomic mass is 10.1. The number of nitrogens with zero attached hydrogens (tertiary/aromatic N) is 1. The molecule has 0 spiro atoms. The number of nitrogens with one attached hydrogen (secondary N) is 3. The zero-order valence-corrected chi connectivity index (χ0v) is 17.0. The molecule has 1 fully saturated rings. The minimum Gasteiger partial charge on any atom is -0.372 e. The van der Waals surface area contributed by atoms with Crippen molar-refractivity contribution in [2.75, 3.05) is 23.3 Å². The Balaban J connectivity index is 1.44. The molecule has 0 aromatic heterocycles. The number of amides is 1. The second kappa shape index (κ2) is 10.6. The number of benzene rings is 2. The number of hydrogen-bond donors (Lipinski definition) is 3. The lowest BCUT2D eigenvalue weighted by Crippen LogP contribution is -2.43. The molecule has 7 heteroatoms. The van der Waals surface area contributed by atoms with Crippen LogP contribution in [0.2, 0.25) is 0 Å². The first-order valence-electron chi connectivity index (χ1n) is 9.76. The van der Waals surface area contributed by atoms with Gasteiger partial charge in [-0.05, 0) is 73.1 Å². The third kappa shape index (κ3) is 6.87. The maximum atomic E-state index is 12.9. The summed E-state index contributed by atoms with van der Waals surface area (Å²) in [6.45, 7) is 2.21. The number of carbonyl (C=O) groups is 1. The van der Waals surface area contributed by atoms with Crippen molar-refractivity contribution in [3.05, 3.63) is 66.0 Å². The Labute approximate surface area is 176 Å². The molecule has 1 aliphatic heterocycles. The molecule has 0 atom stereocenters. The maximum absolute atomic E-state index is 12.9. The second-order valence-corrected chi connectivity index (χ2v) is 7.31. The van der Waals surface area contributed by atoms with Crippen LogP contribution >= 0.6 is 12.2 Å². The van der Waals surface area contributed by atoms with Crippen LogP contribution in [0.25, 0.3) is 6.08 Å². The van der Waals surface area contributed by atoms with Gasteiger partial charge in [0, 0.05) is 30.5 Å². The van der Waals surface area contributed by atoms with Crippen molar-refractivity contribution in [2.45, 2.75) is 25.7 Å². The predicted molar refractivity (Wildman–Crippen MR) is 120 cm³/mol. The number of hydrazine groups is 1. The van der Waals surface area contributed by atoms with Crippen molar-refractivity contribution in [3.63, 3.8) is 0 Å².